The predicted octanol–water partition coefficient (Wildman–Crippen LogP) is 1.85. The van der Waals surface area contributed by atoms with E-state index in [1.54, 1.807) is 37.3 Å². The van der Waals surface area contributed by atoms with Gasteiger partial charge in [-0.1, -0.05) is 18.2 Å². The van der Waals surface area contributed by atoms with Crippen LogP contribution in [0, 0.1) is 6.92 Å². The molecule has 0 saturated carbocycles. The Morgan fingerprint density at radius 1 is 1.16 bits per heavy atom. The van der Waals surface area contributed by atoms with E-state index in [0.717, 1.165) is 0 Å². The van der Waals surface area contributed by atoms with Gasteiger partial charge in [0.15, 0.2) is 5.82 Å². The number of halogens is 1. The van der Waals surface area contributed by atoms with Gasteiger partial charge in [0.2, 0.25) is 0 Å². The minimum absolute atomic E-state index is 0.0178. The van der Waals surface area contributed by atoms with Gasteiger partial charge in [-0.3, -0.25) is 4.79 Å². The van der Waals surface area contributed by atoms with Crippen LogP contribution in [0.3, 0.4) is 0 Å². The van der Waals surface area contributed by atoms with Gasteiger partial charge in [-0.05, 0) is 63.6 Å². The molecule has 0 aliphatic rings. The second kappa shape index (κ2) is 6.73. The topological polar surface area (TPSA) is 107 Å². The number of hydrogen-bond donors (Lipinski definition) is 1. The summed E-state index contributed by atoms with van der Waals surface area (Å²) in [5.74, 6) is -0.207. The van der Waals surface area contributed by atoms with Crippen molar-refractivity contribution in [3.8, 4) is 5.69 Å². The zero-order valence-electron chi connectivity index (χ0n) is 12.9. The van der Waals surface area contributed by atoms with Crippen LogP contribution >= 0.6 is 15.9 Å². The van der Waals surface area contributed by atoms with Gasteiger partial charge in [-0.15, -0.1) is 5.10 Å². The maximum Gasteiger partial charge on any atom is 0.265 e. The van der Waals surface area contributed by atoms with E-state index in [2.05, 4.69) is 36.2 Å². The number of carbonyl (C=O) groups is 1. The van der Waals surface area contributed by atoms with E-state index in [0.29, 0.717) is 16.0 Å². The first-order valence-electron chi connectivity index (χ1n) is 7.05. The Morgan fingerprint density at radius 3 is 2.60 bits per heavy atom. The van der Waals surface area contributed by atoms with Crippen LogP contribution in [-0.4, -0.2) is 34.5 Å². The summed E-state index contributed by atoms with van der Waals surface area (Å²) in [6.45, 7) is 1.71. The molecular weight excluding hydrogens is 410 g/mol. The molecule has 128 valence electrons. The smallest absolute Gasteiger partial charge is 0.265 e. The monoisotopic (exact) mass is 421 g/mol. The Bertz CT molecular complexity index is 1050. The predicted molar refractivity (Wildman–Crippen MR) is 92.7 cm³/mol. The Kier molecular flexibility index (Phi) is 4.64. The van der Waals surface area contributed by atoms with E-state index < -0.39 is 15.9 Å². The number of benzene rings is 2. The largest absolute Gasteiger partial charge is 0.268 e. The number of tetrazole rings is 1. The Morgan fingerprint density at radius 2 is 1.92 bits per heavy atom. The molecule has 1 aromatic heterocycles. The molecule has 0 atom stereocenters. The van der Waals surface area contributed by atoms with E-state index in [4.69, 9.17) is 0 Å². The van der Waals surface area contributed by atoms with Gasteiger partial charge in [0.05, 0.1) is 5.69 Å². The summed E-state index contributed by atoms with van der Waals surface area (Å²) < 4.78 is 28.7. The number of sulfonamides is 1. The van der Waals surface area contributed by atoms with Crippen molar-refractivity contribution in [2.24, 2.45) is 0 Å². The van der Waals surface area contributed by atoms with E-state index in [1.807, 2.05) is 0 Å². The molecule has 1 amide bonds. The molecule has 2 aromatic carbocycles. The number of aromatic nitrogens is 4. The summed E-state index contributed by atoms with van der Waals surface area (Å²) in [7, 11) is -4.01. The molecule has 8 nitrogen and oxygen atoms in total. The number of amides is 1. The van der Waals surface area contributed by atoms with Crippen molar-refractivity contribution < 1.29 is 13.2 Å². The number of nitrogens with zero attached hydrogens (tertiary/aromatic N) is 4. The number of rotatable bonds is 4. The highest BCUT2D eigenvalue weighted by molar-refractivity contribution is 9.10. The highest BCUT2D eigenvalue weighted by Crippen LogP contribution is 2.21. The number of carbonyl (C=O) groups excluding carboxylic acids is 1. The maximum atomic E-state index is 12.4. The van der Waals surface area contributed by atoms with Crippen molar-refractivity contribution in [2.75, 3.05) is 0 Å². The van der Waals surface area contributed by atoms with Gasteiger partial charge in [-0.2, -0.15) is 4.68 Å². The minimum atomic E-state index is -4.01. The van der Waals surface area contributed by atoms with Crippen LogP contribution in [0.1, 0.15) is 16.2 Å². The van der Waals surface area contributed by atoms with Gasteiger partial charge in [0, 0.05) is 10.0 Å². The molecule has 0 saturated heterocycles. The Hall–Kier alpha value is -2.59. The quantitative estimate of drug-likeness (QED) is 0.688. The van der Waals surface area contributed by atoms with Crippen LogP contribution in [0.2, 0.25) is 0 Å². The van der Waals surface area contributed by atoms with Gasteiger partial charge in [0.1, 0.15) is 4.90 Å². The lowest BCUT2D eigenvalue weighted by Gasteiger charge is -2.09. The third-order valence-corrected chi connectivity index (χ3v) is 5.67. The molecule has 10 heteroatoms. The first kappa shape index (κ1) is 17.2. The first-order valence-corrected chi connectivity index (χ1v) is 9.33. The van der Waals surface area contributed by atoms with Crippen LogP contribution < -0.4 is 4.72 Å². The summed E-state index contributed by atoms with van der Waals surface area (Å²) >= 11 is 3.17. The van der Waals surface area contributed by atoms with Crippen LogP contribution in [0.5, 0.6) is 0 Å². The molecule has 0 spiro atoms. The van der Waals surface area contributed by atoms with Crippen molar-refractivity contribution in [1.29, 1.82) is 0 Å². The standard InChI is InChI=1S/C15H12BrN5O3S/c1-10-17-19-20-21(10)12-6-4-5-11(9-12)15(22)18-25(23,24)14-8-3-2-7-13(14)16/h2-9H,1H3,(H,18,22). The third kappa shape index (κ3) is 3.59. The molecule has 0 aliphatic carbocycles. The van der Waals surface area contributed by atoms with Gasteiger partial charge in [-0.25, -0.2) is 13.1 Å². The van der Waals surface area contributed by atoms with Crippen molar-refractivity contribution >= 4 is 31.9 Å². The molecule has 0 unspecified atom stereocenters. The van der Waals surface area contributed by atoms with E-state index in [-0.39, 0.29) is 10.5 Å². The van der Waals surface area contributed by atoms with Crippen LogP contribution in [0.25, 0.3) is 5.69 Å². The lowest BCUT2D eigenvalue weighted by Crippen LogP contribution is -2.30. The SMILES string of the molecule is Cc1nnnn1-c1cccc(C(=O)NS(=O)(=O)c2ccccc2Br)c1. The molecule has 0 radical (unpaired) electrons. The molecule has 3 rings (SSSR count). The fourth-order valence-corrected chi connectivity index (χ4v) is 4.13. The zero-order chi connectivity index (χ0) is 18.0. The number of nitrogens with one attached hydrogen (secondary N) is 1. The lowest BCUT2D eigenvalue weighted by atomic mass is 10.2. The molecule has 1 N–H and O–H groups in total. The van der Waals surface area contributed by atoms with Gasteiger partial charge < -0.3 is 0 Å². The fraction of sp³-hybridized carbons (Fsp3) is 0.0667. The van der Waals surface area contributed by atoms with E-state index >= 15 is 0 Å². The van der Waals surface area contributed by atoms with Gasteiger partial charge in [0.25, 0.3) is 15.9 Å². The molecule has 3 aromatic rings. The normalized spacial score (nSPS) is 11.3. The van der Waals surface area contributed by atoms with Crippen molar-refractivity contribution in [1.82, 2.24) is 24.9 Å². The fourth-order valence-electron chi connectivity index (χ4n) is 2.15. The van der Waals surface area contributed by atoms with Crippen LogP contribution in [-0.2, 0) is 10.0 Å². The molecule has 0 fully saturated rings. The molecular formula is C15H12BrN5O3S. The summed E-state index contributed by atoms with van der Waals surface area (Å²) in [5.41, 5.74) is 0.719. The second-order valence-electron chi connectivity index (χ2n) is 5.05. The number of aryl methyl sites for hydroxylation is 1. The second-order valence-corrected chi connectivity index (χ2v) is 7.56. The van der Waals surface area contributed by atoms with Crippen LogP contribution in [0.4, 0.5) is 0 Å². The van der Waals surface area contributed by atoms with Gasteiger partial charge >= 0.3 is 0 Å². The Balaban J connectivity index is 1.90. The summed E-state index contributed by atoms with van der Waals surface area (Å²) in [6.07, 6.45) is 0. The van der Waals surface area contributed by atoms with Crippen molar-refractivity contribution in [2.45, 2.75) is 11.8 Å². The maximum absolute atomic E-state index is 12.4. The third-order valence-electron chi connectivity index (χ3n) is 3.33. The molecule has 0 aliphatic heterocycles. The summed E-state index contributed by atoms with van der Waals surface area (Å²) in [6, 6.07) is 12.6. The summed E-state index contributed by atoms with van der Waals surface area (Å²) in [5, 5.41) is 11.1. The Labute approximate surface area is 152 Å². The zero-order valence-corrected chi connectivity index (χ0v) is 15.3. The van der Waals surface area contributed by atoms with Crippen LogP contribution in [0.15, 0.2) is 57.9 Å². The molecule has 1 heterocycles. The first-order chi connectivity index (χ1) is 11.9. The average Bonchev–Trinajstić information content (AvgIpc) is 3.01. The van der Waals surface area contributed by atoms with E-state index in [9.17, 15) is 13.2 Å². The van der Waals surface area contributed by atoms with Crippen molar-refractivity contribution in [3.63, 3.8) is 0 Å². The average molecular weight is 422 g/mol. The molecule has 0 bridgehead atoms. The minimum Gasteiger partial charge on any atom is -0.268 e. The van der Waals surface area contributed by atoms with E-state index in [1.165, 1.54) is 22.9 Å². The lowest BCUT2D eigenvalue weighted by molar-refractivity contribution is 0.0981. The molecule has 25 heavy (non-hydrogen) atoms. The highest BCUT2D eigenvalue weighted by Gasteiger charge is 2.21. The summed E-state index contributed by atoms with van der Waals surface area (Å²) in [4.78, 5) is 12.4. The van der Waals surface area contributed by atoms with Crippen molar-refractivity contribution in [3.05, 3.63) is 64.4 Å². The number of hydrogen-bond acceptors (Lipinski definition) is 6. The highest BCUT2D eigenvalue weighted by atomic mass is 79.9.